The van der Waals surface area contributed by atoms with Crippen molar-refractivity contribution in [3.8, 4) is 0 Å². The van der Waals surface area contributed by atoms with Gasteiger partial charge in [-0.1, -0.05) is 13.3 Å². The summed E-state index contributed by atoms with van der Waals surface area (Å²) < 4.78 is 5.30. The Bertz CT molecular complexity index is 359. The van der Waals surface area contributed by atoms with Gasteiger partial charge in [0.05, 0.1) is 0 Å². The smallest absolute Gasteiger partial charge is 0.407 e. The molecule has 1 unspecified atom stereocenters. The number of nitrogens with one attached hydrogen (secondary N) is 3. The molecule has 21 heavy (non-hydrogen) atoms. The van der Waals surface area contributed by atoms with E-state index in [1.165, 1.54) is 12.8 Å². The summed E-state index contributed by atoms with van der Waals surface area (Å²) in [6, 6.07) is 0.585. The number of amides is 1. The Morgan fingerprint density at radius 2 is 2.05 bits per heavy atom. The van der Waals surface area contributed by atoms with Crippen LogP contribution in [0.4, 0.5) is 4.79 Å². The van der Waals surface area contributed by atoms with Crippen molar-refractivity contribution in [2.45, 2.75) is 71.1 Å². The lowest BCUT2D eigenvalue weighted by Crippen LogP contribution is -2.48. The van der Waals surface area contributed by atoms with Crippen molar-refractivity contribution in [1.82, 2.24) is 16.0 Å². The molecule has 1 amide bonds. The Morgan fingerprint density at radius 3 is 2.52 bits per heavy atom. The van der Waals surface area contributed by atoms with Crippen LogP contribution < -0.4 is 16.0 Å². The van der Waals surface area contributed by atoms with Crippen LogP contribution in [0.2, 0.25) is 0 Å². The molecule has 6 heteroatoms. The summed E-state index contributed by atoms with van der Waals surface area (Å²) in [6.45, 7) is 8.32. The molecule has 0 radical (unpaired) electrons. The lowest BCUT2D eigenvalue weighted by molar-refractivity contribution is 0.0502. The monoisotopic (exact) mass is 298 g/mol. The van der Waals surface area contributed by atoms with Crippen molar-refractivity contribution in [2.75, 3.05) is 13.6 Å². The van der Waals surface area contributed by atoms with Gasteiger partial charge in [0.1, 0.15) is 5.60 Å². The van der Waals surface area contributed by atoms with Gasteiger partial charge in [-0.25, -0.2) is 4.79 Å². The molecule has 0 aliphatic heterocycles. The molecule has 0 aromatic rings. The molecule has 1 fully saturated rings. The highest BCUT2D eigenvalue weighted by molar-refractivity contribution is 5.80. The fourth-order valence-electron chi connectivity index (χ4n) is 1.88. The second kappa shape index (κ2) is 8.10. The van der Waals surface area contributed by atoms with Gasteiger partial charge in [0.2, 0.25) is 0 Å². The molecule has 0 bridgehead atoms. The summed E-state index contributed by atoms with van der Waals surface area (Å²) in [4.78, 5) is 16.0. The lowest BCUT2D eigenvalue weighted by Gasteiger charge is -2.24. The number of aliphatic imine (C=N–C) groups is 1. The van der Waals surface area contributed by atoms with E-state index in [2.05, 4.69) is 27.9 Å². The van der Waals surface area contributed by atoms with Gasteiger partial charge in [0, 0.05) is 25.7 Å². The molecule has 1 aliphatic carbocycles. The second-order valence-corrected chi connectivity index (χ2v) is 6.50. The number of alkyl carbamates (subject to hydrolysis) is 1. The molecule has 1 aliphatic rings. The number of rotatable bonds is 6. The summed E-state index contributed by atoms with van der Waals surface area (Å²) in [7, 11) is 1.76. The Balaban J connectivity index is 2.39. The normalized spacial score (nSPS) is 17.1. The first-order chi connectivity index (χ1) is 9.84. The Hall–Kier alpha value is -1.46. The molecule has 3 N–H and O–H groups in total. The van der Waals surface area contributed by atoms with E-state index in [0.717, 1.165) is 18.8 Å². The maximum Gasteiger partial charge on any atom is 0.407 e. The zero-order chi connectivity index (χ0) is 15.9. The highest BCUT2D eigenvalue weighted by Gasteiger charge is 2.23. The first kappa shape index (κ1) is 17.6. The maximum atomic E-state index is 11.8. The minimum Gasteiger partial charge on any atom is -0.444 e. The summed E-state index contributed by atoms with van der Waals surface area (Å²) >= 11 is 0. The van der Waals surface area contributed by atoms with E-state index in [-0.39, 0.29) is 12.1 Å². The van der Waals surface area contributed by atoms with Gasteiger partial charge in [0.15, 0.2) is 5.96 Å². The number of nitrogens with zero attached hydrogens (tertiary/aromatic N) is 1. The topological polar surface area (TPSA) is 74.8 Å². The molecule has 1 rings (SSSR count). The van der Waals surface area contributed by atoms with Crippen molar-refractivity contribution in [1.29, 1.82) is 0 Å². The van der Waals surface area contributed by atoms with Crippen LogP contribution in [-0.4, -0.2) is 43.3 Å². The number of ether oxygens (including phenoxy) is 1. The molecule has 1 atom stereocenters. The van der Waals surface area contributed by atoms with Gasteiger partial charge in [-0.15, -0.1) is 0 Å². The molecule has 0 heterocycles. The molecule has 0 saturated heterocycles. The van der Waals surface area contributed by atoms with Crippen molar-refractivity contribution in [2.24, 2.45) is 4.99 Å². The number of guanidine groups is 1. The summed E-state index contributed by atoms with van der Waals surface area (Å²) in [5.74, 6) is 0.796. The van der Waals surface area contributed by atoms with E-state index in [1.807, 2.05) is 20.8 Å². The zero-order valence-corrected chi connectivity index (χ0v) is 14.0. The number of hydrogen-bond donors (Lipinski definition) is 3. The molecule has 0 spiro atoms. The van der Waals surface area contributed by atoms with Crippen LogP contribution in [0.1, 0.15) is 53.4 Å². The third kappa shape index (κ3) is 8.42. The van der Waals surface area contributed by atoms with Gasteiger partial charge in [-0.2, -0.15) is 0 Å². The highest BCUT2D eigenvalue weighted by atomic mass is 16.6. The second-order valence-electron chi connectivity index (χ2n) is 6.50. The van der Waals surface area contributed by atoms with E-state index in [0.29, 0.717) is 12.6 Å². The van der Waals surface area contributed by atoms with Crippen molar-refractivity contribution < 1.29 is 9.53 Å². The number of carbonyl (C=O) groups is 1. The SMILES string of the molecule is CCCC(CNC(=NC)NC1CC1)NC(=O)OC(C)(C)C. The van der Waals surface area contributed by atoms with Crippen LogP contribution in [0.5, 0.6) is 0 Å². The van der Waals surface area contributed by atoms with Crippen LogP contribution in [0, 0.1) is 0 Å². The van der Waals surface area contributed by atoms with Gasteiger partial charge in [0.25, 0.3) is 0 Å². The Labute approximate surface area is 128 Å². The predicted octanol–water partition coefficient (Wildman–Crippen LogP) is 2.01. The molecule has 0 aromatic carbocycles. The predicted molar refractivity (Wildman–Crippen MR) is 85.6 cm³/mol. The van der Waals surface area contributed by atoms with E-state index >= 15 is 0 Å². The standard InChI is InChI=1S/C15H30N4O2/c1-6-7-12(19-14(20)21-15(2,3)4)10-17-13(16-5)18-11-8-9-11/h11-12H,6-10H2,1-5H3,(H,19,20)(H2,16,17,18). The molecule has 0 aromatic heterocycles. The minimum atomic E-state index is -0.474. The van der Waals surface area contributed by atoms with Crippen LogP contribution in [-0.2, 0) is 4.74 Å². The summed E-state index contributed by atoms with van der Waals surface area (Å²) in [5, 5.41) is 9.50. The maximum absolute atomic E-state index is 11.8. The van der Waals surface area contributed by atoms with Crippen molar-refractivity contribution in [3.05, 3.63) is 0 Å². The Morgan fingerprint density at radius 1 is 1.38 bits per heavy atom. The molecular weight excluding hydrogens is 268 g/mol. The van der Waals surface area contributed by atoms with Crippen LogP contribution in [0.25, 0.3) is 0 Å². The summed E-state index contributed by atoms with van der Waals surface area (Å²) in [6.07, 6.45) is 3.93. The summed E-state index contributed by atoms with van der Waals surface area (Å²) in [5.41, 5.74) is -0.474. The largest absolute Gasteiger partial charge is 0.444 e. The fourth-order valence-corrected chi connectivity index (χ4v) is 1.88. The minimum absolute atomic E-state index is 0.0302. The van der Waals surface area contributed by atoms with Crippen molar-refractivity contribution >= 4 is 12.1 Å². The van der Waals surface area contributed by atoms with Gasteiger partial charge in [-0.3, -0.25) is 4.99 Å². The fraction of sp³-hybridized carbons (Fsp3) is 0.867. The quantitative estimate of drug-likeness (QED) is 0.518. The van der Waals surface area contributed by atoms with E-state index in [9.17, 15) is 4.79 Å². The number of hydrogen-bond acceptors (Lipinski definition) is 3. The average molecular weight is 298 g/mol. The third-order valence-electron chi connectivity index (χ3n) is 3.02. The van der Waals surface area contributed by atoms with Gasteiger partial charge < -0.3 is 20.7 Å². The highest BCUT2D eigenvalue weighted by Crippen LogP contribution is 2.18. The molecule has 6 nitrogen and oxygen atoms in total. The van der Waals surface area contributed by atoms with Crippen LogP contribution in [0.3, 0.4) is 0 Å². The van der Waals surface area contributed by atoms with E-state index < -0.39 is 5.60 Å². The molecular formula is C15H30N4O2. The van der Waals surface area contributed by atoms with Gasteiger partial charge in [-0.05, 0) is 40.0 Å². The van der Waals surface area contributed by atoms with Crippen LogP contribution >= 0.6 is 0 Å². The van der Waals surface area contributed by atoms with Crippen molar-refractivity contribution in [3.63, 3.8) is 0 Å². The van der Waals surface area contributed by atoms with Crippen LogP contribution in [0.15, 0.2) is 4.99 Å². The molecule has 122 valence electrons. The first-order valence-corrected chi connectivity index (χ1v) is 7.80. The lowest BCUT2D eigenvalue weighted by atomic mass is 10.1. The number of carbonyl (C=O) groups excluding carboxylic acids is 1. The third-order valence-corrected chi connectivity index (χ3v) is 3.02. The Kier molecular flexibility index (Phi) is 6.78. The average Bonchev–Trinajstić information content (AvgIpc) is 3.15. The first-order valence-electron chi connectivity index (χ1n) is 7.80. The molecule has 1 saturated carbocycles. The zero-order valence-electron chi connectivity index (χ0n) is 14.0. The van der Waals surface area contributed by atoms with Gasteiger partial charge >= 0.3 is 6.09 Å². The van der Waals surface area contributed by atoms with E-state index in [4.69, 9.17) is 4.74 Å². The van der Waals surface area contributed by atoms with E-state index in [1.54, 1.807) is 7.05 Å².